The number of allylic oxidation sites excluding steroid dienone is 2. The summed E-state index contributed by atoms with van der Waals surface area (Å²) in [4.78, 5) is 4.52. The number of fused-ring (bicyclic) bond motifs is 1. The van der Waals surface area contributed by atoms with Crippen molar-refractivity contribution in [3.63, 3.8) is 0 Å². The Bertz CT molecular complexity index is 1020. The van der Waals surface area contributed by atoms with Crippen LogP contribution in [-0.4, -0.2) is 15.7 Å². The van der Waals surface area contributed by atoms with E-state index in [0.29, 0.717) is 6.10 Å². The third-order valence-corrected chi connectivity index (χ3v) is 5.54. The Labute approximate surface area is 167 Å². The predicted octanol–water partition coefficient (Wildman–Crippen LogP) is 6.63. The van der Waals surface area contributed by atoms with E-state index in [-0.39, 0.29) is 0 Å². The van der Waals surface area contributed by atoms with Gasteiger partial charge in [-0.25, -0.2) is 4.98 Å². The molecule has 1 aliphatic carbocycles. The van der Waals surface area contributed by atoms with E-state index in [2.05, 4.69) is 79.0 Å². The first-order chi connectivity index (χ1) is 13.7. The van der Waals surface area contributed by atoms with Gasteiger partial charge >= 0.3 is 0 Å². The third-order valence-electron chi connectivity index (χ3n) is 5.54. The highest BCUT2D eigenvalue weighted by atomic mass is 16.5. The number of ether oxygens (including phenoxy) is 1. The van der Waals surface area contributed by atoms with Crippen LogP contribution in [0.5, 0.6) is 5.88 Å². The van der Waals surface area contributed by atoms with E-state index in [0.717, 1.165) is 30.7 Å². The summed E-state index contributed by atoms with van der Waals surface area (Å²) in [6.07, 6.45) is 15.6. The number of rotatable bonds is 6. The first-order valence-electron chi connectivity index (χ1n) is 10.3. The molecule has 0 aliphatic heterocycles. The monoisotopic (exact) mass is 372 g/mol. The summed E-state index contributed by atoms with van der Waals surface area (Å²) in [6, 6.07) is 10.8. The second-order valence-electron chi connectivity index (χ2n) is 7.46. The van der Waals surface area contributed by atoms with Crippen molar-refractivity contribution < 1.29 is 4.74 Å². The van der Waals surface area contributed by atoms with Crippen LogP contribution >= 0.6 is 0 Å². The molecule has 0 amide bonds. The molecule has 0 bridgehead atoms. The van der Waals surface area contributed by atoms with Crippen molar-refractivity contribution in [2.24, 2.45) is 7.05 Å². The first kappa shape index (κ1) is 18.5. The van der Waals surface area contributed by atoms with Gasteiger partial charge in [-0.05, 0) is 56.4 Å². The van der Waals surface area contributed by atoms with Crippen molar-refractivity contribution >= 4 is 23.1 Å². The van der Waals surface area contributed by atoms with Crippen LogP contribution in [0.4, 0.5) is 0 Å². The van der Waals surface area contributed by atoms with E-state index in [1.807, 2.05) is 12.3 Å². The number of aryl methyl sites for hydroxylation is 1. The van der Waals surface area contributed by atoms with Gasteiger partial charge in [0, 0.05) is 47.0 Å². The molecule has 2 aromatic heterocycles. The molecule has 0 atom stereocenters. The summed E-state index contributed by atoms with van der Waals surface area (Å²) in [6.45, 7) is 4.23. The minimum absolute atomic E-state index is 0.359. The average Bonchev–Trinajstić information content (AvgIpc) is 2.95. The fourth-order valence-corrected chi connectivity index (χ4v) is 3.72. The van der Waals surface area contributed by atoms with E-state index in [1.54, 1.807) is 0 Å². The first-order valence-corrected chi connectivity index (χ1v) is 10.3. The van der Waals surface area contributed by atoms with Crippen LogP contribution < -0.4 is 4.74 Å². The van der Waals surface area contributed by atoms with Gasteiger partial charge in [-0.1, -0.05) is 37.3 Å². The molecule has 1 fully saturated rings. The van der Waals surface area contributed by atoms with Crippen molar-refractivity contribution in [1.29, 1.82) is 0 Å². The van der Waals surface area contributed by atoms with Gasteiger partial charge in [0.1, 0.15) is 6.10 Å². The number of pyridine rings is 1. The normalized spacial score (nSPS) is 15.0. The standard InChI is InChI=1S/C25H28N2O/c1-4-6-11-21-22-14-12-18(16-24(22)27(3)23(21)8-5-2)19-13-15-25(26-17-19)28-20-9-7-10-20/h5-6,8,11-17,20H,4,7,9-10H2,1-3H3/b8-5-,11-6+. The maximum absolute atomic E-state index is 5.88. The molecule has 0 unspecified atom stereocenters. The highest BCUT2D eigenvalue weighted by Gasteiger charge is 2.19. The lowest BCUT2D eigenvalue weighted by atomic mass is 9.96. The summed E-state index contributed by atoms with van der Waals surface area (Å²) in [7, 11) is 2.14. The van der Waals surface area contributed by atoms with E-state index in [1.165, 1.54) is 34.1 Å². The van der Waals surface area contributed by atoms with Crippen molar-refractivity contribution in [3.05, 3.63) is 59.9 Å². The van der Waals surface area contributed by atoms with Crippen molar-refractivity contribution in [3.8, 4) is 17.0 Å². The van der Waals surface area contributed by atoms with Gasteiger partial charge in [-0.3, -0.25) is 0 Å². The summed E-state index contributed by atoms with van der Waals surface area (Å²) in [5, 5.41) is 1.28. The Morgan fingerprint density at radius 1 is 1.14 bits per heavy atom. The largest absolute Gasteiger partial charge is 0.474 e. The zero-order chi connectivity index (χ0) is 19.5. The number of nitrogens with zero attached hydrogens (tertiary/aromatic N) is 2. The van der Waals surface area contributed by atoms with Crippen molar-refractivity contribution in [1.82, 2.24) is 9.55 Å². The second-order valence-corrected chi connectivity index (χ2v) is 7.46. The molecule has 3 aromatic rings. The molecule has 0 saturated heterocycles. The molecule has 0 N–H and O–H groups in total. The molecule has 0 radical (unpaired) electrons. The minimum atomic E-state index is 0.359. The molecule has 1 aromatic carbocycles. The molecule has 3 heteroatoms. The lowest BCUT2D eigenvalue weighted by Gasteiger charge is -2.25. The van der Waals surface area contributed by atoms with Crippen LogP contribution in [-0.2, 0) is 7.05 Å². The maximum atomic E-state index is 5.88. The summed E-state index contributed by atoms with van der Waals surface area (Å²) in [5.74, 6) is 0.732. The predicted molar refractivity (Wildman–Crippen MR) is 118 cm³/mol. The highest BCUT2D eigenvalue weighted by molar-refractivity contribution is 5.96. The Hall–Kier alpha value is -2.81. The van der Waals surface area contributed by atoms with Crippen LogP contribution in [0.1, 0.15) is 50.8 Å². The molecular formula is C25H28N2O. The van der Waals surface area contributed by atoms with Gasteiger partial charge in [0.05, 0.1) is 0 Å². The Balaban J connectivity index is 1.70. The molecule has 144 valence electrons. The highest BCUT2D eigenvalue weighted by Crippen LogP contribution is 2.32. The van der Waals surface area contributed by atoms with Crippen molar-refractivity contribution in [2.75, 3.05) is 0 Å². The van der Waals surface area contributed by atoms with Crippen LogP contribution in [0.15, 0.2) is 48.7 Å². The van der Waals surface area contributed by atoms with Gasteiger partial charge in [-0.2, -0.15) is 0 Å². The third kappa shape index (κ3) is 3.49. The molecule has 0 spiro atoms. The second kappa shape index (κ2) is 8.05. The van der Waals surface area contributed by atoms with E-state index in [9.17, 15) is 0 Å². The molecule has 4 rings (SSSR count). The van der Waals surface area contributed by atoms with Gasteiger partial charge in [0.15, 0.2) is 0 Å². The Morgan fingerprint density at radius 2 is 1.96 bits per heavy atom. The maximum Gasteiger partial charge on any atom is 0.213 e. The lowest BCUT2D eigenvalue weighted by Crippen LogP contribution is -2.24. The summed E-state index contributed by atoms with van der Waals surface area (Å²) in [5.41, 5.74) is 6.04. The molecule has 1 aliphatic rings. The Kier molecular flexibility index (Phi) is 5.34. The number of aromatic nitrogens is 2. The Morgan fingerprint density at radius 3 is 2.61 bits per heavy atom. The average molecular weight is 373 g/mol. The minimum Gasteiger partial charge on any atom is -0.474 e. The SMILES string of the molecule is C/C=C\c1c(/C=C/CC)c2ccc(-c3ccc(OC4CCC4)nc3)cc2n1C. The van der Waals surface area contributed by atoms with Crippen LogP contribution in [0.3, 0.4) is 0 Å². The van der Waals surface area contributed by atoms with E-state index in [4.69, 9.17) is 4.74 Å². The number of hydrogen-bond acceptors (Lipinski definition) is 2. The van der Waals surface area contributed by atoms with Crippen LogP contribution in [0.25, 0.3) is 34.2 Å². The zero-order valence-corrected chi connectivity index (χ0v) is 17.0. The van der Waals surface area contributed by atoms with Gasteiger partial charge < -0.3 is 9.30 Å². The zero-order valence-electron chi connectivity index (χ0n) is 17.0. The van der Waals surface area contributed by atoms with Gasteiger partial charge in [-0.15, -0.1) is 0 Å². The molecule has 2 heterocycles. The fourth-order valence-electron chi connectivity index (χ4n) is 3.72. The topological polar surface area (TPSA) is 27.1 Å². The summed E-state index contributed by atoms with van der Waals surface area (Å²) < 4.78 is 8.16. The van der Waals surface area contributed by atoms with Crippen molar-refractivity contribution in [2.45, 2.75) is 45.6 Å². The molecule has 1 saturated carbocycles. The summed E-state index contributed by atoms with van der Waals surface area (Å²) >= 11 is 0. The van der Waals surface area contributed by atoms with Crippen LogP contribution in [0.2, 0.25) is 0 Å². The lowest BCUT2D eigenvalue weighted by molar-refractivity contribution is 0.114. The molecular weight excluding hydrogens is 344 g/mol. The molecule has 3 nitrogen and oxygen atoms in total. The quantitative estimate of drug-likeness (QED) is 0.486. The fraction of sp³-hybridized carbons (Fsp3) is 0.320. The van der Waals surface area contributed by atoms with Crippen LogP contribution in [0, 0.1) is 0 Å². The number of hydrogen-bond donors (Lipinski definition) is 0. The molecule has 28 heavy (non-hydrogen) atoms. The van der Waals surface area contributed by atoms with E-state index < -0.39 is 0 Å². The number of benzene rings is 1. The van der Waals surface area contributed by atoms with E-state index >= 15 is 0 Å². The van der Waals surface area contributed by atoms with Gasteiger partial charge in [0.2, 0.25) is 5.88 Å². The van der Waals surface area contributed by atoms with Gasteiger partial charge in [0.25, 0.3) is 0 Å². The smallest absolute Gasteiger partial charge is 0.213 e.